The van der Waals surface area contributed by atoms with Gasteiger partial charge in [-0.2, -0.15) is 17.6 Å². The fourth-order valence-electron chi connectivity index (χ4n) is 3.67. The van der Waals surface area contributed by atoms with Crippen LogP contribution in [-0.2, 0) is 23.9 Å². The van der Waals surface area contributed by atoms with Crippen LogP contribution in [0.2, 0.25) is 0 Å². The second-order valence-corrected chi connectivity index (χ2v) is 8.22. The Morgan fingerprint density at radius 2 is 1.57 bits per heavy atom. The van der Waals surface area contributed by atoms with E-state index in [4.69, 9.17) is 9.84 Å². The molecule has 4 atom stereocenters. The highest BCUT2D eigenvalue weighted by Crippen LogP contribution is 2.50. The molecule has 2 fully saturated rings. The highest BCUT2D eigenvalue weighted by molar-refractivity contribution is 5.89. The summed E-state index contributed by atoms with van der Waals surface area (Å²) < 4.78 is 62.7. The van der Waals surface area contributed by atoms with Crippen LogP contribution in [0.15, 0.2) is 0 Å². The monoisotopic (exact) mass is 412 g/mol. The van der Waals surface area contributed by atoms with Crippen LogP contribution in [0.4, 0.5) is 17.6 Å². The molecule has 1 N–H and O–H groups in total. The molecule has 0 spiro atoms. The predicted molar refractivity (Wildman–Crippen MR) is 86.8 cm³/mol. The number of hydrogen-bond acceptors (Lipinski definition) is 5. The number of alkyl halides is 4. The third-order valence-corrected chi connectivity index (χ3v) is 5.98. The molecular weight excluding hydrogens is 388 g/mol. The van der Waals surface area contributed by atoms with Crippen molar-refractivity contribution in [3.05, 3.63) is 0 Å². The van der Waals surface area contributed by atoms with Gasteiger partial charge in [-0.25, -0.2) is 9.59 Å². The van der Waals surface area contributed by atoms with Gasteiger partial charge in [-0.1, -0.05) is 6.92 Å². The van der Waals surface area contributed by atoms with E-state index in [2.05, 4.69) is 4.74 Å². The van der Waals surface area contributed by atoms with Crippen LogP contribution in [-0.4, -0.2) is 47.6 Å². The van der Waals surface area contributed by atoms with E-state index in [-0.39, 0.29) is 29.8 Å². The molecule has 10 heteroatoms. The number of halogens is 4. The largest absolute Gasteiger partial charge is 0.477 e. The van der Waals surface area contributed by atoms with E-state index >= 15 is 0 Å². The number of carboxylic acid groups (broad SMARTS) is 1. The number of carbonyl (C=O) groups is 3. The van der Waals surface area contributed by atoms with Crippen molar-refractivity contribution in [2.24, 2.45) is 23.2 Å². The average molecular weight is 412 g/mol. The van der Waals surface area contributed by atoms with Gasteiger partial charge in [-0.05, 0) is 57.3 Å². The minimum absolute atomic E-state index is 0.00808. The Bertz CT molecular complexity index is 648. The van der Waals surface area contributed by atoms with Crippen LogP contribution < -0.4 is 0 Å². The number of hydrogen-bond donors (Lipinski definition) is 1. The Balaban J connectivity index is 1.88. The molecule has 2 bridgehead atoms. The van der Waals surface area contributed by atoms with Crippen LogP contribution in [0.5, 0.6) is 0 Å². The number of carboxylic acids is 1. The zero-order valence-electron chi connectivity index (χ0n) is 15.8. The molecule has 0 aliphatic heterocycles. The van der Waals surface area contributed by atoms with Crippen LogP contribution in [0.3, 0.4) is 0 Å². The third-order valence-electron chi connectivity index (χ3n) is 5.98. The molecular formula is C18H24F4O6. The first-order valence-corrected chi connectivity index (χ1v) is 9.11. The van der Waals surface area contributed by atoms with Crippen molar-refractivity contribution in [2.45, 2.75) is 64.4 Å². The topological polar surface area (TPSA) is 89.9 Å². The van der Waals surface area contributed by atoms with Gasteiger partial charge in [0.25, 0.3) is 0 Å². The molecule has 0 heterocycles. The van der Waals surface area contributed by atoms with Crippen LogP contribution in [0.25, 0.3) is 0 Å². The average Bonchev–Trinajstić information content (AvgIpc) is 3.18. The standard InChI is InChI=1S/C18H24F4O6/c1-4-16(2,3)14(25)28-12-7-9-5-10(12)6-11(9)8-27-15(26)18(21,22)17(19,20)13(23)24/h9-12H,4-8H2,1-3H3,(H,23,24). The Kier molecular flexibility index (Phi) is 6.02. The first-order chi connectivity index (χ1) is 12.7. The van der Waals surface area contributed by atoms with Crippen molar-refractivity contribution < 1.29 is 46.5 Å². The highest BCUT2D eigenvalue weighted by atomic mass is 19.3. The summed E-state index contributed by atoms with van der Waals surface area (Å²) in [5.74, 6) is -17.4. The summed E-state index contributed by atoms with van der Waals surface area (Å²) in [6, 6.07) is 0. The van der Waals surface area contributed by atoms with E-state index in [1.165, 1.54) is 0 Å². The number of fused-ring (bicyclic) bond motifs is 2. The SMILES string of the molecule is CCC(C)(C)C(=O)OC1CC2CC1CC2COC(=O)C(F)(F)C(F)(F)C(=O)O. The van der Waals surface area contributed by atoms with Gasteiger partial charge in [0.15, 0.2) is 0 Å². The van der Waals surface area contributed by atoms with E-state index in [9.17, 15) is 31.9 Å². The maximum atomic E-state index is 13.4. The molecule has 160 valence electrons. The van der Waals surface area contributed by atoms with Crippen LogP contribution in [0.1, 0.15) is 46.5 Å². The lowest BCUT2D eigenvalue weighted by Gasteiger charge is -2.30. The molecule has 28 heavy (non-hydrogen) atoms. The van der Waals surface area contributed by atoms with Crippen molar-refractivity contribution in [3.8, 4) is 0 Å². The van der Waals surface area contributed by atoms with E-state index in [0.717, 1.165) is 0 Å². The quantitative estimate of drug-likeness (QED) is 0.486. The Hall–Kier alpha value is -1.87. The molecule has 2 rings (SSSR count). The summed E-state index contributed by atoms with van der Waals surface area (Å²) in [5, 5.41) is 8.19. The number of ether oxygens (including phenoxy) is 2. The second kappa shape index (κ2) is 7.51. The van der Waals surface area contributed by atoms with E-state index in [1.54, 1.807) is 13.8 Å². The molecule has 0 radical (unpaired) electrons. The summed E-state index contributed by atoms with van der Waals surface area (Å²) in [6.45, 7) is 4.91. The normalized spacial score (nSPS) is 27.5. The zero-order valence-corrected chi connectivity index (χ0v) is 15.8. The minimum Gasteiger partial charge on any atom is -0.477 e. The number of rotatable bonds is 8. The number of esters is 2. The van der Waals surface area contributed by atoms with Gasteiger partial charge in [-0.15, -0.1) is 0 Å². The Labute approximate surface area is 159 Å². The Morgan fingerprint density at radius 3 is 2.04 bits per heavy atom. The van der Waals surface area contributed by atoms with Crippen molar-refractivity contribution in [1.29, 1.82) is 0 Å². The third kappa shape index (κ3) is 3.96. The van der Waals surface area contributed by atoms with Crippen molar-refractivity contribution >= 4 is 17.9 Å². The highest BCUT2D eigenvalue weighted by Gasteiger charge is 2.68. The lowest BCUT2D eigenvalue weighted by Crippen LogP contribution is -2.53. The molecule has 0 aromatic carbocycles. The molecule has 0 aromatic rings. The molecule has 0 aromatic heterocycles. The van der Waals surface area contributed by atoms with E-state index < -0.39 is 35.8 Å². The first kappa shape index (κ1) is 22.4. The summed E-state index contributed by atoms with van der Waals surface area (Å²) in [4.78, 5) is 33.8. The smallest absolute Gasteiger partial charge is 0.415 e. The van der Waals surface area contributed by atoms with Crippen LogP contribution >= 0.6 is 0 Å². The van der Waals surface area contributed by atoms with E-state index in [1.807, 2.05) is 6.92 Å². The molecule has 2 aliphatic rings. The number of carbonyl (C=O) groups excluding carboxylic acids is 2. The van der Waals surface area contributed by atoms with Crippen molar-refractivity contribution in [1.82, 2.24) is 0 Å². The van der Waals surface area contributed by atoms with Crippen molar-refractivity contribution in [3.63, 3.8) is 0 Å². The predicted octanol–water partition coefficient (Wildman–Crippen LogP) is 3.28. The fraction of sp³-hybridized carbons (Fsp3) is 0.833. The van der Waals surface area contributed by atoms with Crippen molar-refractivity contribution in [2.75, 3.05) is 6.61 Å². The second-order valence-electron chi connectivity index (χ2n) is 8.22. The molecule has 2 saturated carbocycles. The lowest BCUT2D eigenvalue weighted by atomic mass is 9.87. The molecule has 0 saturated heterocycles. The van der Waals surface area contributed by atoms with Gasteiger partial charge >= 0.3 is 29.8 Å². The summed E-state index contributed by atoms with van der Waals surface area (Å²) in [5.41, 5.74) is -0.613. The minimum atomic E-state index is -5.55. The van der Waals surface area contributed by atoms with Gasteiger partial charge in [0, 0.05) is 0 Å². The first-order valence-electron chi connectivity index (χ1n) is 9.11. The van der Waals surface area contributed by atoms with Gasteiger partial charge in [0.2, 0.25) is 0 Å². The fourth-order valence-corrected chi connectivity index (χ4v) is 3.67. The molecule has 0 amide bonds. The van der Waals surface area contributed by atoms with E-state index in [0.29, 0.717) is 25.7 Å². The summed E-state index contributed by atoms with van der Waals surface area (Å²) >= 11 is 0. The van der Waals surface area contributed by atoms with Gasteiger partial charge in [0.1, 0.15) is 6.10 Å². The molecule has 4 unspecified atom stereocenters. The van der Waals surface area contributed by atoms with Gasteiger partial charge in [0.05, 0.1) is 12.0 Å². The lowest BCUT2D eigenvalue weighted by molar-refractivity contribution is -0.235. The number of aliphatic carboxylic acids is 1. The van der Waals surface area contributed by atoms with Gasteiger partial charge in [-0.3, -0.25) is 4.79 Å². The Morgan fingerprint density at radius 1 is 0.964 bits per heavy atom. The maximum absolute atomic E-state index is 13.4. The van der Waals surface area contributed by atoms with Gasteiger partial charge < -0.3 is 14.6 Å². The summed E-state index contributed by atoms with van der Waals surface area (Å²) in [6.07, 6.45) is 1.91. The molecule has 2 aliphatic carbocycles. The summed E-state index contributed by atoms with van der Waals surface area (Å²) in [7, 11) is 0. The van der Waals surface area contributed by atoms with Crippen LogP contribution in [0, 0.1) is 23.2 Å². The zero-order chi connectivity index (χ0) is 21.5. The maximum Gasteiger partial charge on any atom is 0.415 e. The molecule has 6 nitrogen and oxygen atoms in total.